The van der Waals surface area contributed by atoms with E-state index < -0.39 is 5.97 Å². The average Bonchev–Trinajstić information content (AvgIpc) is 2.25. The summed E-state index contributed by atoms with van der Waals surface area (Å²) in [6.45, 7) is 5.63. The van der Waals surface area contributed by atoms with Gasteiger partial charge < -0.3 is 15.5 Å². The first-order valence-corrected chi connectivity index (χ1v) is 5.54. The van der Waals surface area contributed by atoms with Gasteiger partial charge in [0.05, 0.1) is 12.6 Å². The number of nitrogens with zero attached hydrogens (tertiary/aromatic N) is 1. The molecule has 1 aromatic rings. The molecule has 0 unspecified atom stereocenters. The molecule has 0 radical (unpaired) electrons. The lowest BCUT2D eigenvalue weighted by Gasteiger charge is -2.21. The number of aromatic nitrogens is 1. The quantitative estimate of drug-likeness (QED) is 0.724. The number of rotatable bonds is 5. The van der Waals surface area contributed by atoms with Crippen molar-refractivity contribution in [2.24, 2.45) is 5.92 Å². The predicted molar refractivity (Wildman–Crippen MR) is 65.3 cm³/mol. The fraction of sp³-hybridized carbons (Fsp3) is 0.500. The molecule has 0 aliphatic rings. The summed E-state index contributed by atoms with van der Waals surface area (Å²) in [6, 6.07) is 2.96. The highest BCUT2D eigenvalue weighted by Gasteiger charge is 2.17. The number of nitrogens with one attached hydrogen (secondary N) is 1. The highest BCUT2D eigenvalue weighted by atomic mass is 16.4. The van der Waals surface area contributed by atoms with Crippen molar-refractivity contribution in [1.29, 1.82) is 0 Å². The number of pyridine rings is 1. The first kappa shape index (κ1) is 13.4. The first-order chi connectivity index (χ1) is 7.95. The lowest BCUT2D eigenvalue weighted by Crippen LogP contribution is -2.30. The number of anilines is 1. The van der Waals surface area contributed by atoms with Crippen LogP contribution in [0.15, 0.2) is 12.1 Å². The molecule has 1 heterocycles. The number of aryl methyl sites for hydroxylation is 1. The zero-order chi connectivity index (χ0) is 13.0. The molecule has 5 nitrogen and oxygen atoms in total. The summed E-state index contributed by atoms with van der Waals surface area (Å²) < 4.78 is 0. The molecular formula is C12H18N2O3. The van der Waals surface area contributed by atoms with Gasteiger partial charge in [-0.2, -0.15) is 0 Å². The third-order valence-corrected chi connectivity index (χ3v) is 2.59. The van der Waals surface area contributed by atoms with Crippen LogP contribution in [-0.4, -0.2) is 33.8 Å². The zero-order valence-corrected chi connectivity index (χ0v) is 10.3. The summed E-state index contributed by atoms with van der Waals surface area (Å²) in [5, 5.41) is 21.2. The molecule has 0 spiro atoms. The number of aliphatic hydroxyl groups excluding tert-OH is 1. The summed E-state index contributed by atoms with van der Waals surface area (Å²) in [6.07, 6.45) is 0. The van der Waals surface area contributed by atoms with Gasteiger partial charge in [-0.25, -0.2) is 9.78 Å². The van der Waals surface area contributed by atoms with Gasteiger partial charge in [0, 0.05) is 5.69 Å². The minimum absolute atomic E-state index is 0.0631. The van der Waals surface area contributed by atoms with Gasteiger partial charge in [0.15, 0.2) is 0 Å². The number of carbonyl (C=O) groups is 1. The van der Waals surface area contributed by atoms with Crippen molar-refractivity contribution in [1.82, 2.24) is 4.98 Å². The van der Waals surface area contributed by atoms with Crippen LogP contribution in [0, 0.1) is 12.8 Å². The Bertz CT molecular complexity index is 405. The molecule has 0 fully saturated rings. The van der Waals surface area contributed by atoms with Crippen molar-refractivity contribution >= 4 is 11.8 Å². The van der Waals surface area contributed by atoms with E-state index in [4.69, 9.17) is 5.11 Å². The minimum Gasteiger partial charge on any atom is -0.478 e. The smallest absolute Gasteiger partial charge is 0.339 e. The van der Waals surface area contributed by atoms with Gasteiger partial charge in [0.2, 0.25) is 0 Å². The number of aromatic carboxylic acids is 1. The Hall–Kier alpha value is -1.62. The molecule has 1 atom stereocenters. The maximum atomic E-state index is 11.0. The van der Waals surface area contributed by atoms with Crippen molar-refractivity contribution in [3.63, 3.8) is 0 Å². The number of hydrogen-bond acceptors (Lipinski definition) is 4. The molecule has 0 saturated carbocycles. The van der Waals surface area contributed by atoms with E-state index in [0.29, 0.717) is 5.82 Å². The van der Waals surface area contributed by atoms with E-state index in [-0.39, 0.29) is 24.1 Å². The highest BCUT2D eigenvalue weighted by Crippen LogP contribution is 2.16. The normalized spacial score (nSPS) is 12.5. The van der Waals surface area contributed by atoms with Crippen LogP contribution in [0.3, 0.4) is 0 Å². The maximum absolute atomic E-state index is 11.0. The summed E-state index contributed by atoms with van der Waals surface area (Å²) >= 11 is 0. The molecule has 0 saturated heterocycles. The Morgan fingerprint density at radius 2 is 2.12 bits per heavy atom. The van der Waals surface area contributed by atoms with Crippen LogP contribution in [0.2, 0.25) is 0 Å². The van der Waals surface area contributed by atoms with Gasteiger partial charge in [-0.1, -0.05) is 13.8 Å². The average molecular weight is 238 g/mol. The summed E-state index contributed by atoms with van der Waals surface area (Å²) in [5.74, 6) is -0.533. The second-order valence-electron chi connectivity index (χ2n) is 4.33. The van der Waals surface area contributed by atoms with Crippen molar-refractivity contribution in [3.8, 4) is 0 Å². The van der Waals surface area contributed by atoms with Gasteiger partial charge in [0.1, 0.15) is 11.4 Å². The van der Waals surface area contributed by atoms with E-state index in [1.165, 1.54) is 6.07 Å². The molecule has 0 aliphatic heterocycles. The molecule has 0 aliphatic carbocycles. The van der Waals surface area contributed by atoms with Crippen LogP contribution in [0.1, 0.15) is 29.9 Å². The van der Waals surface area contributed by atoms with E-state index >= 15 is 0 Å². The molecule has 0 bridgehead atoms. The molecule has 94 valence electrons. The minimum atomic E-state index is -1.03. The van der Waals surface area contributed by atoms with Crippen LogP contribution in [-0.2, 0) is 0 Å². The van der Waals surface area contributed by atoms with E-state index in [1.807, 2.05) is 13.8 Å². The first-order valence-electron chi connectivity index (χ1n) is 5.54. The van der Waals surface area contributed by atoms with E-state index in [9.17, 15) is 9.90 Å². The molecule has 5 heteroatoms. The fourth-order valence-electron chi connectivity index (χ4n) is 1.44. The Balaban J connectivity index is 3.03. The van der Waals surface area contributed by atoms with E-state index in [0.717, 1.165) is 5.69 Å². The molecular weight excluding hydrogens is 220 g/mol. The Kier molecular flexibility index (Phi) is 4.45. The van der Waals surface area contributed by atoms with E-state index in [2.05, 4.69) is 10.3 Å². The second-order valence-corrected chi connectivity index (χ2v) is 4.33. The van der Waals surface area contributed by atoms with Gasteiger partial charge in [-0.05, 0) is 25.0 Å². The van der Waals surface area contributed by atoms with Crippen molar-refractivity contribution < 1.29 is 15.0 Å². The third-order valence-electron chi connectivity index (χ3n) is 2.59. The Morgan fingerprint density at radius 3 is 2.59 bits per heavy atom. The van der Waals surface area contributed by atoms with Crippen LogP contribution in [0.5, 0.6) is 0 Å². The molecule has 3 N–H and O–H groups in total. The molecule has 1 rings (SSSR count). The lowest BCUT2D eigenvalue weighted by atomic mass is 10.1. The van der Waals surface area contributed by atoms with Gasteiger partial charge in [0.25, 0.3) is 0 Å². The summed E-state index contributed by atoms with van der Waals surface area (Å²) in [5.41, 5.74) is 0.854. The van der Waals surface area contributed by atoms with Crippen molar-refractivity contribution in [3.05, 3.63) is 23.4 Å². The van der Waals surface area contributed by atoms with Gasteiger partial charge in [-0.3, -0.25) is 0 Å². The van der Waals surface area contributed by atoms with Crippen LogP contribution in [0.4, 0.5) is 5.82 Å². The molecule has 1 aromatic heterocycles. The zero-order valence-electron chi connectivity index (χ0n) is 10.3. The largest absolute Gasteiger partial charge is 0.478 e. The number of carboxylic acid groups (broad SMARTS) is 1. The highest BCUT2D eigenvalue weighted by molar-refractivity contribution is 5.93. The molecule has 17 heavy (non-hydrogen) atoms. The number of hydrogen-bond donors (Lipinski definition) is 3. The Morgan fingerprint density at radius 1 is 1.47 bits per heavy atom. The van der Waals surface area contributed by atoms with Crippen molar-refractivity contribution in [2.75, 3.05) is 11.9 Å². The molecule has 0 amide bonds. The SMILES string of the molecule is Cc1ccc(C(=O)O)c(N[C@H](CO)C(C)C)n1. The van der Waals surface area contributed by atoms with Crippen molar-refractivity contribution in [2.45, 2.75) is 26.8 Å². The van der Waals surface area contributed by atoms with Crippen LogP contribution < -0.4 is 5.32 Å². The predicted octanol–water partition coefficient (Wildman–Crippen LogP) is 1.52. The molecule has 0 aromatic carbocycles. The van der Waals surface area contributed by atoms with Crippen LogP contribution in [0.25, 0.3) is 0 Å². The third kappa shape index (κ3) is 3.42. The summed E-state index contributed by atoms with van der Waals surface area (Å²) in [4.78, 5) is 15.2. The topological polar surface area (TPSA) is 82.5 Å². The van der Waals surface area contributed by atoms with E-state index in [1.54, 1.807) is 13.0 Å². The number of carboxylic acids is 1. The summed E-state index contributed by atoms with van der Waals surface area (Å²) in [7, 11) is 0. The maximum Gasteiger partial charge on any atom is 0.339 e. The Labute approximate surface area is 101 Å². The fourth-order valence-corrected chi connectivity index (χ4v) is 1.44. The van der Waals surface area contributed by atoms with Gasteiger partial charge in [-0.15, -0.1) is 0 Å². The standard InChI is InChI=1S/C12H18N2O3/c1-7(2)10(6-15)14-11-9(12(16)17)5-4-8(3)13-11/h4-5,7,10,15H,6H2,1-3H3,(H,13,14)(H,16,17)/t10-/m1/s1. The second kappa shape index (κ2) is 5.63. The van der Waals surface area contributed by atoms with Crippen LogP contribution >= 0.6 is 0 Å². The van der Waals surface area contributed by atoms with Gasteiger partial charge >= 0.3 is 5.97 Å². The lowest BCUT2D eigenvalue weighted by molar-refractivity contribution is 0.0697. The monoisotopic (exact) mass is 238 g/mol. The number of aliphatic hydroxyl groups is 1.